The Hall–Kier alpha value is -2.34. The smallest absolute Gasteiger partial charge is 0.408 e. The van der Waals surface area contributed by atoms with Crippen molar-refractivity contribution in [1.82, 2.24) is 9.88 Å². The molecule has 0 spiro atoms. The molecule has 0 saturated heterocycles. The van der Waals surface area contributed by atoms with Crippen LogP contribution in [0.5, 0.6) is 0 Å². The van der Waals surface area contributed by atoms with Gasteiger partial charge in [-0.25, -0.2) is 4.79 Å². The third-order valence-corrected chi connectivity index (χ3v) is 4.51. The summed E-state index contributed by atoms with van der Waals surface area (Å²) in [7, 11) is 0. The Morgan fingerprint density at radius 3 is 2.91 bits per heavy atom. The zero-order valence-corrected chi connectivity index (χ0v) is 13.6. The summed E-state index contributed by atoms with van der Waals surface area (Å²) in [5.74, 6) is -0.423. The minimum atomic E-state index is -0.392. The number of hydrogen-bond acceptors (Lipinski definition) is 4. The van der Waals surface area contributed by atoms with Crippen molar-refractivity contribution in [3.8, 4) is 0 Å². The lowest BCUT2D eigenvalue weighted by atomic mass is 10.2. The predicted octanol–water partition coefficient (Wildman–Crippen LogP) is 2.79. The van der Waals surface area contributed by atoms with Gasteiger partial charge in [0.2, 0.25) is 5.91 Å². The molecule has 6 heteroatoms. The maximum atomic E-state index is 12.1. The van der Waals surface area contributed by atoms with Crippen molar-refractivity contribution in [2.45, 2.75) is 32.4 Å². The van der Waals surface area contributed by atoms with Crippen LogP contribution in [0.4, 0.5) is 0 Å². The van der Waals surface area contributed by atoms with Gasteiger partial charge in [-0.15, -0.1) is 0 Å². The van der Waals surface area contributed by atoms with Crippen LogP contribution >= 0.6 is 11.3 Å². The van der Waals surface area contributed by atoms with Crippen LogP contribution in [0.15, 0.2) is 50.3 Å². The monoisotopic (exact) mass is 330 g/mol. The first-order valence-electron chi connectivity index (χ1n) is 7.56. The molecule has 2 aromatic heterocycles. The quantitative estimate of drug-likeness (QED) is 0.756. The van der Waals surface area contributed by atoms with E-state index < -0.39 is 5.76 Å². The summed E-state index contributed by atoms with van der Waals surface area (Å²) in [6.07, 6.45) is 1.10. The summed E-state index contributed by atoms with van der Waals surface area (Å²) in [5, 5.41) is 6.92. The molecule has 1 amide bonds. The van der Waals surface area contributed by atoms with Gasteiger partial charge in [-0.2, -0.15) is 11.3 Å². The van der Waals surface area contributed by atoms with Crippen molar-refractivity contribution in [3.63, 3.8) is 0 Å². The van der Waals surface area contributed by atoms with Crippen LogP contribution in [0, 0.1) is 0 Å². The molecule has 5 nitrogen and oxygen atoms in total. The van der Waals surface area contributed by atoms with Gasteiger partial charge in [0.15, 0.2) is 5.58 Å². The minimum absolute atomic E-state index is 0.0314. The number of para-hydroxylation sites is 2. The highest BCUT2D eigenvalue weighted by Gasteiger charge is 2.16. The van der Waals surface area contributed by atoms with Gasteiger partial charge in [-0.05, 0) is 40.9 Å². The van der Waals surface area contributed by atoms with E-state index in [1.807, 2.05) is 41.9 Å². The van der Waals surface area contributed by atoms with Crippen molar-refractivity contribution in [2.75, 3.05) is 0 Å². The van der Waals surface area contributed by atoms with E-state index in [1.54, 1.807) is 22.0 Å². The molecule has 1 aromatic carbocycles. The third kappa shape index (κ3) is 3.53. The highest BCUT2D eigenvalue weighted by Crippen LogP contribution is 2.13. The van der Waals surface area contributed by atoms with E-state index in [0.29, 0.717) is 18.5 Å². The topological polar surface area (TPSA) is 64.2 Å². The zero-order valence-electron chi connectivity index (χ0n) is 12.8. The Morgan fingerprint density at radius 2 is 2.17 bits per heavy atom. The molecule has 0 fully saturated rings. The Bertz CT molecular complexity index is 848. The molecular formula is C17H18N2O3S. The van der Waals surface area contributed by atoms with Gasteiger partial charge in [-0.1, -0.05) is 19.1 Å². The molecule has 1 atom stereocenters. The van der Waals surface area contributed by atoms with Crippen molar-refractivity contribution < 1.29 is 9.21 Å². The summed E-state index contributed by atoms with van der Waals surface area (Å²) in [6, 6.07) is 9.14. The van der Waals surface area contributed by atoms with Gasteiger partial charge < -0.3 is 9.73 Å². The number of aromatic nitrogens is 1. The molecule has 0 radical (unpaired) electrons. The van der Waals surface area contributed by atoms with Gasteiger partial charge >= 0.3 is 5.76 Å². The molecule has 0 aliphatic carbocycles. The van der Waals surface area contributed by atoms with Gasteiger partial charge in [0.25, 0.3) is 0 Å². The second-order valence-electron chi connectivity index (χ2n) is 5.43. The SMILES string of the molecule is CC[C@H](Cn1c(=O)oc2ccccc21)NC(=O)Cc1ccsc1. The molecular weight excluding hydrogens is 312 g/mol. The number of nitrogens with one attached hydrogen (secondary N) is 1. The Morgan fingerprint density at radius 1 is 1.35 bits per heavy atom. The minimum Gasteiger partial charge on any atom is -0.408 e. The molecule has 0 unspecified atom stereocenters. The number of benzene rings is 1. The van der Waals surface area contributed by atoms with Crippen molar-refractivity contribution in [1.29, 1.82) is 0 Å². The maximum absolute atomic E-state index is 12.1. The van der Waals surface area contributed by atoms with E-state index in [4.69, 9.17) is 4.42 Å². The van der Waals surface area contributed by atoms with Crippen LogP contribution in [-0.2, 0) is 17.8 Å². The van der Waals surface area contributed by atoms with Gasteiger partial charge in [0.05, 0.1) is 11.9 Å². The van der Waals surface area contributed by atoms with Crippen molar-refractivity contribution in [2.24, 2.45) is 0 Å². The van der Waals surface area contributed by atoms with E-state index in [2.05, 4.69) is 5.32 Å². The number of rotatable bonds is 6. The van der Waals surface area contributed by atoms with Crippen LogP contribution in [0.25, 0.3) is 11.1 Å². The van der Waals surface area contributed by atoms with Crippen LogP contribution in [0.1, 0.15) is 18.9 Å². The van der Waals surface area contributed by atoms with Crippen molar-refractivity contribution in [3.05, 3.63) is 57.2 Å². The second kappa shape index (κ2) is 6.83. The molecule has 2 heterocycles. The molecule has 120 valence electrons. The fourth-order valence-electron chi connectivity index (χ4n) is 2.54. The van der Waals surface area contributed by atoms with Crippen LogP contribution in [-0.4, -0.2) is 16.5 Å². The maximum Gasteiger partial charge on any atom is 0.420 e. The standard InChI is InChI=1S/C17H18N2O3S/c1-2-13(18-16(20)9-12-7-8-23-11-12)10-19-14-5-3-4-6-15(14)22-17(19)21/h3-8,11,13H,2,9-10H2,1H3,(H,18,20)/t13-/m1/s1. The van der Waals surface area contributed by atoms with Crippen LogP contribution < -0.4 is 11.1 Å². The summed E-state index contributed by atoms with van der Waals surface area (Å²) in [5.41, 5.74) is 2.33. The number of oxazole rings is 1. The average molecular weight is 330 g/mol. The lowest BCUT2D eigenvalue weighted by molar-refractivity contribution is -0.121. The van der Waals surface area contributed by atoms with Crippen LogP contribution in [0.3, 0.4) is 0 Å². The summed E-state index contributed by atoms with van der Waals surface area (Å²) in [6.45, 7) is 2.39. The first kappa shape index (κ1) is 15.6. The Balaban J connectivity index is 1.72. The van der Waals surface area contributed by atoms with Gasteiger partial charge in [-0.3, -0.25) is 9.36 Å². The molecule has 3 aromatic rings. The highest BCUT2D eigenvalue weighted by molar-refractivity contribution is 7.07. The zero-order chi connectivity index (χ0) is 16.2. The second-order valence-corrected chi connectivity index (χ2v) is 6.21. The van der Waals surface area contributed by atoms with E-state index in [9.17, 15) is 9.59 Å². The fourth-order valence-corrected chi connectivity index (χ4v) is 3.21. The third-order valence-electron chi connectivity index (χ3n) is 3.78. The largest absolute Gasteiger partial charge is 0.420 e. The number of hydrogen-bond donors (Lipinski definition) is 1. The van der Waals surface area contributed by atoms with Crippen molar-refractivity contribution >= 4 is 28.3 Å². The highest BCUT2D eigenvalue weighted by atomic mass is 32.1. The molecule has 0 aliphatic heterocycles. The molecule has 23 heavy (non-hydrogen) atoms. The number of carbonyl (C=O) groups excluding carboxylic acids is 1. The van der Waals surface area contributed by atoms with Gasteiger partial charge in [0.1, 0.15) is 0 Å². The number of amides is 1. The number of thiophene rings is 1. The predicted molar refractivity (Wildman–Crippen MR) is 90.7 cm³/mol. The number of carbonyl (C=O) groups is 1. The number of fused-ring (bicyclic) bond motifs is 1. The van der Waals surface area contributed by atoms with Crippen LogP contribution in [0.2, 0.25) is 0 Å². The molecule has 0 saturated carbocycles. The first-order valence-corrected chi connectivity index (χ1v) is 8.50. The summed E-state index contributed by atoms with van der Waals surface area (Å²) < 4.78 is 6.81. The lowest BCUT2D eigenvalue weighted by Gasteiger charge is -2.17. The lowest BCUT2D eigenvalue weighted by Crippen LogP contribution is -2.39. The van der Waals surface area contributed by atoms with E-state index in [1.165, 1.54) is 0 Å². The Kier molecular flexibility index (Phi) is 4.62. The number of nitrogens with zero attached hydrogens (tertiary/aromatic N) is 1. The average Bonchev–Trinajstić information content (AvgIpc) is 3.15. The fraction of sp³-hybridized carbons (Fsp3) is 0.294. The summed E-state index contributed by atoms with van der Waals surface area (Å²) in [4.78, 5) is 24.2. The summed E-state index contributed by atoms with van der Waals surface area (Å²) >= 11 is 1.58. The van der Waals surface area contributed by atoms with E-state index in [-0.39, 0.29) is 11.9 Å². The van der Waals surface area contributed by atoms with E-state index in [0.717, 1.165) is 17.5 Å². The normalized spacial score (nSPS) is 12.4. The van der Waals surface area contributed by atoms with Gasteiger partial charge in [0, 0.05) is 12.6 Å². The first-order chi connectivity index (χ1) is 11.2. The molecule has 0 aliphatic rings. The molecule has 3 rings (SSSR count). The molecule has 0 bridgehead atoms. The van der Waals surface area contributed by atoms with E-state index >= 15 is 0 Å². The molecule has 1 N–H and O–H groups in total. The Labute approximate surface area is 137 Å².